The van der Waals surface area contributed by atoms with Crippen LogP contribution in [0, 0.1) is 29.1 Å². The van der Waals surface area contributed by atoms with Gasteiger partial charge < -0.3 is 15.3 Å². The lowest BCUT2D eigenvalue weighted by atomic mass is 9.49. The molecule has 17 heavy (non-hydrogen) atoms. The minimum atomic E-state index is -1.23. The van der Waals surface area contributed by atoms with Crippen LogP contribution >= 0.6 is 0 Å². The lowest BCUT2D eigenvalue weighted by Gasteiger charge is -2.57. The van der Waals surface area contributed by atoms with Gasteiger partial charge >= 0.3 is 5.97 Å². The molecule has 96 valence electrons. The summed E-state index contributed by atoms with van der Waals surface area (Å²) >= 11 is 0. The molecule has 0 amide bonds. The van der Waals surface area contributed by atoms with Gasteiger partial charge in [0.2, 0.25) is 0 Å². The predicted octanol–water partition coefficient (Wildman–Crippen LogP) is 1.21. The second-order valence-electron chi connectivity index (χ2n) is 6.39. The zero-order valence-corrected chi connectivity index (χ0v) is 9.88. The summed E-state index contributed by atoms with van der Waals surface area (Å²) in [5.41, 5.74) is -0.326. The molecule has 3 saturated carbocycles. The number of hydrogen-bond donors (Lipinski definition) is 3. The minimum absolute atomic E-state index is 0.187. The summed E-state index contributed by atoms with van der Waals surface area (Å²) in [6, 6.07) is 0. The maximum atomic E-state index is 11.3. The number of carboxylic acid groups (broad SMARTS) is 1. The van der Waals surface area contributed by atoms with Crippen molar-refractivity contribution in [2.24, 2.45) is 29.1 Å². The van der Waals surface area contributed by atoms with E-state index in [1.807, 2.05) is 0 Å². The lowest BCUT2D eigenvalue weighted by molar-refractivity contribution is -0.202. The number of carboxylic acids is 1. The minimum Gasteiger partial charge on any atom is -0.481 e. The average molecular weight is 240 g/mol. The zero-order chi connectivity index (χ0) is 12.2. The van der Waals surface area contributed by atoms with Crippen molar-refractivity contribution in [1.82, 2.24) is 0 Å². The summed E-state index contributed by atoms with van der Waals surface area (Å²) in [7, 11) is 0. The number of aliphatic carboxylic acids is 1. The number of rotatable bonds is 2. The molecule has 0 aromatic carbocycles. The van der Waals surface area contributed by atoms with Crippen LogP contribution < -0.4 is 0 Å². The number of hydrogen-bond acceptors (Lipinski definition) is 3. The Hall–Kier alpha value is -0.610. The standard InChI is InChI=1S/C13H20O4/c14-11(15)10-4-7-3-8-6-13(5-7,12(16)17)2-1-9(8)10/h7-10,12,16-17H,1-6H2,(H,14,15). The number of aliphatic hydroxyl groups is 2. The third-order valence-corrected chi connectivity index (χ3v) is 5.55. The van der Waals surface area contributed by atoms with Gasteiger partial charge in [0, 0.05) is 5.41 Å². The van der Waals surface area contributed by atoms with Crippen molar-refractivity contribution >= 4 is 5.97 Å². The molecule has 3 aliphatic carbocycles. The Morgan fingerprint density at radius 1 is 1.24 bits per heavy atom. The predicted molar refractivity (Wildman–Crippen MR) is 60.0 cm³/mol. The smallest absolute Gasteiger partial charge is 0.306 e. The molecule has 0 aliphatic heterocycles. The van der Waals surface area contributed by atoms with Crippen LogP contribution in [0.25, 0.3) is 0 Å². The first kappa shape index (κ1) is 11.5. The summed E-state index contributed by atoms with van der Waals surface area (Å²) in [6.07, 6.45) is 3.87. The highest BCUT2D eigenvalue weighted by molar-refractivity contribution is 5.70. The molecular formula is C13H20O4. The molecule has 4 nitrogen and oxygen atoms in total. The van der Waals surface area contributed by atoms with E-state index in [1.54, 1.807) is 0 Å². The number of carbonyl (C=O) groups is 1. The Kier molecular flexibility index (Phi) is 2.49. The van der Waals surface area contributed by atoms with E-state index in [0.29, 0.717) is 11.8 Å². The highest BCUT2D eigenvalue weighted by atomic mass is 16.5. The van der Waals surface area contributed by atoms with Gasteiger partial charge in [0.1, 0.15) is 0 Å². The van der Waals surface area contributed by atoms with Gasteiger partial charge in [0.15, 0.2) is 6.29 Å². The first-order chi connectivity index (χ1) is 8.02. The normalized spacial score (nSPS) is 48.4. The molecule has 3 aliphatic rings. The van der Waals surface area contributed by atoms with Gasteiger partial charge in [-0.25, -0.2) is 0 Å². The Bertz CT molecular complexity index is 336. The summed E-state index contributed by atoms with van der Waals surface area (Å²) in [6.45, 7) is 0. The van der Waals surface area contributed by atoms with Crippen LogP contribution in [0.2, 0.25) is 0 Å². The van der Waals surface area contributed by atoms with Gasteiger partial charge in [-0.3, -0.25) is 4.79 Å². The van der Waals surface area contributed by atoms with E-state index < -0.39 is 12.3 Å². The first-order valence-electron chi connectivity index (χ1n) is 6.61. The summed E-state index contributed by atoms with van der Waals surface area (Å²) < 4.78 is 0. The van der Waals surface area contributed by atoms with Crippen molar-refractivity contribution in [2.75, 3.05) is 0 Å². The van der Waals surface area contributed by atoms with E-state index in [1.165, 1.54) is 0 Å². The van der Waals surface area contributed by atoms with Gasteiger partial charge in [-0.1, -0.05) is 0 Å². The molecule has 5 unspecified atom stereocenters. The Balaban J connectivity index is 1.89. The highest BCUT2D eigenvalue weighted by Crippen LogP contribution is 2.60. The van der Waals surface area contributed by atoms with Crippen LogP contribution in [-0.2, 0) is 4.79 Å². The van der Waals surface area contributed by atoms with E-state index in [0.717, 1.165) is 38.5 Å². The molecule has 3 bridgehead atoms. The first-order valence-corrected chi connectivity index (χ1v) is 6.61. The van der Waals surface area contributed by atoms with Gasteiger partial charge in [-0.15, -0.1) is 0 Å². The van der Waals surface area contributed by atoms with E-state index in [9.17, 15) is 20.1 Å². The van der Waals surface area contributed by atoms with Gasteiger partial charge in [0.25, 0.3) is 0 Å². The Morgan fingerprint density at radius 2 is 2.00 bits per heavy atom. The fourth-order valence-corrected chi connectivity index (χ4v) is 4.86. The quantitative estimate of drug-likeness (QED) is 0.634. The third kappa shape index (κ3) is 1.61. The molecule has 4 heteroatoms. The molecule has 0 heterocycles. The van der Waals surface area contributed by atoms with Crippen LogP contribution in [0.15, 0.2) is 0 Å². The maximum absolute atomic E-state index is 11.3. The molecule has 0 aromatic rings. The number of aliphatic hydroxyl groups excluding tert-OH is 1. The van der Waals surface area contributed by atoms with Crippen LogP contribution in [0.4, 0.5) is 0 Å². The molecule has 0 spiro atoms. The third-order valence-electron chi connectivity index (χ3n) is 5.55. The van der Waals surface area contributed by atoms with E-state index in [-0.39, 0.29) is 17.3 Å². The topological polar surface area (TPSA) is 77.8 Å². The fraction of sp³-hybridized carbons (Fsp3) is 0.923. The van der Waals surface area contributed by atoms with Crippen LogP contribution in [0.1, 0.15) is 38.5 Å². The monoisotopic (exact) mass is 240 g/mol. The molecular weight excluding hydrogens is 220 g/mol. The summed E-state index contributed by atoms with van der Waals surface area (Å²) in [5.74, 6) is 0.222. The van der Waals surface area contributed by atoms with Crippen LogP contribution in [-0.4, -0.2) is 27.6 Å². The van der Waals surface area contributed by atoms with E-state index in [4.69, 9.17) is 0 Å². The Morgan fingerprint density at radius 3 is 2.65 bits per heavy atom. The largest absolute Gasteiger partial charge is 0.481 e. The summed E-state index contributed by atoms with van der Waals surface area (Å²) in [5, 5.41) is 28.5. The fourth-order valence-electron chi connectivity index (χ4n) is 4.86. The van der Waals surface area contributed by atoms with Crippen LogP contribution in [0.5, 0.6) is 0 Å². The second kappa shape index (κ2) is 3.69. The molecule has 0 saturated heterocycles. The number of fused-ring (bicyclic) bond motifs is 2. The average Bonchev–Trinajstić information content (AvgIpc) is 2.25. The van der Waals surface area contributed by atoms with E-state index >= 15 is 0 Å². The van der Waals surface area contributed by atoms with Crippen molar-refractivity contribution in [3.8, 4) is 0 Å². The van der Waals surface area contributed by atoms with Gasteiger partial charge in [-0.05, 0) is 56.3 Å². The molecule has 3 N–H and O–H groups in total. The van der Waals surface area contributed by atoms with Crippen LogP contribution in [0.3, 0.4) is 0 Å². The molecule has 5 atom stereocenters. The van der Waals surface area contributed by atoms with Crippen molar-refractivity contribution in [2.45, 2.75) is 44.8 Å². The molecule has 3 rings (SSSR count). The summed E-state index contributed by atoms with van der Waals surface area (Å²) in [4.78, 5) is 11.3. The molecule has 0 radical (unpaired) electrons. The van der Waals surface area contributed by atoms with Crippen molar-refractivity contribution in [3.63, 3.8) is 0 Å². The van der Waals surface area contributed by atoms with Crippen molar-refractivity contribution in [3.05, 3.63) is 0 Å². The lowest BCUT2D eigenvalue weighted by Crippen LogP contribution is -2.53. The zero-order valence-electron chi connectivity index (χ0n) is 9.88. The van der Waals surface area contributed by atoms with Gasteiger partial charge in [0.05, 0.1) is 5.92 Å². The molecule has 3 fully saturated rings. The van der Waals surface area contributed by atoms with Crippen molar-refractivity contribution < 1.29 is 20.1 Å². The molecule has 0 aromatic heterocycles. The highest BCUT2D eigenvalue weighted by Gasteiger charge is 2.55. The second-order valence-corrected chi connectivity index (χ2v) is 6.39. The van der Waals surface area contributed by atoms with Gasteiger partial charge in [-0.2, -0.15) is 0 Å². The van der Waals surface area contributed by atoms with Crippen molar-refractivity contribution in [1.29, 1.82) is 0 Å². The Labute approximate surface area is 101 Å². The van der Waals surface area contributed by atoms with E-state index in [2.05, 4.69) is 0 Å². The SMILES string of the molecule is O=C(O)C1CC2CC3CC(C(O)O)(CCC31)C2. The maximum Gasteiger partial charge on any atom is 0.306 e.